The zero-order valence-electron chi connectivity index (χ0n) is 15.9. The largest absolute Gasteiger partial charge is 0.496 e. The average molecular weight is 395 g/mol. The Bertz CT molecular complexity index is 931. The van der Waals surface area contributed by atoms with Gasteiger partial charge in [-0.3, -0.25) is 4.79 Å². The first-order valence-corrected chi connectivity index (χ1v) is 8.99. The van der Waals surface area contributed by atoms with E-state index < -0.39 is 24.5 Å². The summed E-state index contributed by atoms with van der Waals surface area (Å²) in [6.45, 7) is -0.137. The van der Waals surface area contributed by atoms with E-state index in [-0.39, 0.29) is 6.54 Å². The number of methoxy groups -OCH3 is 1. The van der Waals surface area contributed by atoms with Gasteiger partial charge in [0.05, 0.1) is 7.11 Å². The molecule has 0 saturated heterocycles. The van der Waals surface area contributed by atoms with Crippen LogP contribution in [0.3, 0.4) is 0 Å². The van der Waals surface area contributed by atoms with Crippen LogP contribution in [0.25, 0.3) is 0 Å². The molecule has 1 heterocycles. The predicted octanol–water partition coefficient (Wildman–Crippen LogP) is 1.33. The molecule has 1 atom stereocenters. The molecule has 9 nitrogen and oxygen atoms in total. The number of ether oxygens (including phenoxy) is 2. The van der Waals surface area contributed by atoms with Gasteiger partial charge in [-0.1, -0.05) is 48.5 Å². The average Bonchev–Trinajstić information content (AvgIpc) is 3.29. The van der Waals surface area contributed by atoms with E-state index in [2.05, 4.69) is 20.8 Å². The van der Waals surface area contributed by atoms with Gasteiger partial charge in [0.1, 0.15) is 12.1 Å². The SMILES string of the molecule is COc1ccccc1CNC(=O)COC(=O)[C@@H](Cc1ccccc1)n1cnnn1. The number of esters is 1. The Morgan fingerprint density at radius 3 is 2.59 bits per heavy atom. The van der Waals surface area contributed by atoms with Crippen molar-refractivity contribution < 1.29 is 19.1 Å². The van der Waals surface area contributed by atoms with Crippen molar-refractivity contribution in [2.45, 2.75) is 19.0 Å². The molecule has 150 valence electrons. The highest BCUT2D eigenvalue weighted by Crippen LogP contribution is 2.17. The van der Waals surface area contributed by atoms with Gasteiger partial charge in [-0.15, -0.1) is 5.10 Å². The van der Waals surface area contributed by atoms with Gasteiger partial charge in [0.25, 0.3) is 5.91 Å². The normalized spacial score (nSPS) is 11.5. The summed E-state index contributed by atoms with van der Waals surface area (Å²) in [4.78, 5) is 24.7. The zero-order chi connectivity index (χ0) is 20.5. The van der Waals surface area contributed by atoms with Gasteiger partial charge in [-0.2, -0.15) is 0 Å². The van der Waals surface area contributed by atoms with Crippen molar-refractivity contribution in [1.82, 2.24) is 25.5 Å². The number of carbonyl (C=O) groups excluding carboxylic acids is 2. The molecule has 29 heavy (non-hydrogen) atoms. The first-order chi connectivity index (χ1) is 14.2. The Morgan fingerprint density at radius 2 is 1.86 bits per heavy atom. The minimum Gasteiger partial charge on any atom is -0.496 e. The number of amides is 1. The lowest BCUT2D eigenvalue weighted by Gasteiger charge is -2.15. The summed E-state index contributed by atoms with van der Waals surface area (Å²) in [5.41, 5.74) is 1.75. The van der Waals surface area contributed by atoms with Crippen LogP contribution in [0.5, 0.6) is 5.75 Å². The molecule has 3 aromatic rings. The van der Waals surface area contributed by atoms with Crippen LogP contribution in [0, 0.1) is 0 Å². The summed E-state index contributed by atoms with van der Waals surface area (Å²) < 4.78 is 11.8. The molecular formula is C20H21N5O4. The summed E-state index contributed by atoms with van der Waals surface area (Å²) in [6.07, 6.45) is 1.68. The molecule has 0 aliphatic heterocycles. The fourth-order valence-corrected chi connectivity index (χ4v) is 2.76. The summed E-state index contributed by atoms with van der Waals surface area (Å²) in [6, 6.07) is 16.0. The molecule has 1 aromatic heterocycles. The standard InChI is InChI=1S/C20H21N5O4/c1-28-18-10-6-5-9-16(18)12-21-19(26)13-29-20(27)17(25-14-22-23-24-25)11-15-7-3-2-4-8-15/h2-10,14,17H,11-13H2,1H3,(H,21,26)/t17-/m1/s1. The molecule has 0 unspecified atom stereocenters. The van der Waals surface area contributed by atoms with Gasteiger partial charge in [0.2, 0.25) is 0 Å². The second-order valence-corrected chi connectivity index (χ2v) is 6.19. The molecule has 1 N–H and O–H groups in total. The third-order valence-corrected chi connectivity index (χ3v) is 4.24. The number of hydrogen-bond acceptors (Lipinski definition) is 7. The second-order valence-electron chi connectivity index (χ2n) is 6.19. The number of rotatable bonds is 9. The van der Waals surface area contributed by atoms with Crippen molar-refractivity contribution in [2.75, 3.05) is 13.7 Å². The van der Waals surface area contributed by atoms with E-state index in [0.717, 1.165) is 11.1 Å². The molecule has 0 radical (unpaired) electrons. The number of hydrogen-bond donors (Lipinski definition) is 1. The van der Waals surface area contributed by atoms with E-state index in [1.807, 2.05) is 54.6 Å². The number of para-hydroxylation sites is 1. The van der Waals surface area contributed by atoms with E-state index in [0.29, 0.717) is 12.2 Å². The maximum Gasteiger partial charge on any atom is 0.331 e. The molecule has 0 aliphatic rings. The summed E-state index contributed by atoms with van der Waals surface area (Å²) in [5.74, 6) is -0.334. The molecule has 3 rings (SSSR count). The lowest BCUT2D eigenvalue weighted by Crippen LogP contribution is -2.31. The Labute approximate surface area is 167 Å². The smallest absolute Gasteiger partial charge is 0.331 e. The van der Waals surface area contributed by atoms with Crippen molar-refractivity contribution in [3.05, 3.63) is 72.1 Å². The van der Waals surface area contributed by atoms with Gasteiger partial charge in [0, 0.05) is 18.5 Å². The van der Waals surface area contributed by atoms with Gasteiger partial charge in [-0.05, 0) is 22.1 Å². The monoisotopic (exact) mass is 395 g/mol. The Morgan fingerprint density at radius 1 is 1.10 bits per heavy atom. The number of tetrazole rings is 1. The van der Waals surface area contributed by atoms with Gasteiger partial charge in [-0.25, -0.2) is 9.48 Å². The quantitative estimate of drug-likeness (QED) is 0.545. The highest BCUT2D eigenvalue weighted by Gasteiger charge is 2.24. The second kappa shape index (κ2) is 9.98. The topological polar surface area (TPSA) is 108 Å². The van der Waals surface area contributed by atoms with Crippen LogP contribution in [0.2, 0.25) is 0 Å². The third-order valence-electron chi connectivity index (χ3n) is 4.24. The van der Waals surface area contributed by atoms with Crippen LogP contribution in [-0.4, -0.2) is 45.8 Å². The zero-order valence-corrected chi connectivity index (χ0v) is 15.9. The van der Waals surface area contributed by atoms with Crippen molar-refractivity contribution in [3.8, 4) is 5.75 Å². The van der Waals surface area contributed by atoms with Crippen LogP contribution >= 0.6 is 0 Å². The molecule has 0 bridgehead atoms. The minimum absolute atomic E-state index is 0.265. The molecule has 0 spiro atoms. The molecule has 2 aromatic carbocycles. The highest BCUT2D eigenvalue weighted by atomic mass is 16.5. The fraction of sp³-hybridized carbons (Fsp3) is 0.250. The Kier molecular flexibility index (Phi) is 6.88. The first kappa shape index (κ1) is 20.0. The molecule has 0 fully saturated rings. The first-order valence-electron chi connectivity index (χ1n) is 8.99. The van der Waals surface area contributed by atoms with Crippen molar-refractivity contribution in [2.24, 2.45) is 0 Å². The van der Waals surface area contributed by atoms with E-state index in [1.165, 1.54) is 11.0 Å². The van der Waals surface area contributed by atoms with Crippen LogP contribution in [0.1, 0.15) is 17.2 Å². The lowest BCUT2D eigenvalue weighted by molar-refractivity contribution is -0.152. The van der Waals surface area contributed by atoms with Gasteiger partial charge in [0.15, 0.2) is 12.6 Å². The van der Waals surface area contributed by atoms with Gasteiger partial charge < -0.3 is 14.8 Å². The van der Waals surface area contributed by atoms with Crippen LogP contribution in [0.15, 0.2) is 60.9 Å². The van der Waals surface area contributed by atoms with E-state index in [1.54, 1.807) is 7.11 Å². The van der Waals surface area contributed by atoms with E-state index in [9.17, 15) is 9.59 Å². The van der Waals surface area contributed by atoms with Crippen molar-refractivity contribution in [1.29, 1.82) is 0 Å². The van der Waals surface area contributed by atoms with Crippen LogP contribution < -0.4 is 10.1 Å². The van der Waals surface area contributed by atoms with E-state index >= 15 is 0 Å². The number of nitrogens with zero attached hydrogens (tertiary/aromatic N) is 4. The van der Waals surface area contributed by atoms with Crippen LogP contribution in [-0.2, 0) is 27.3 Å². The summed E-state index contributed by atoms with van der Waals surface area (Å²) in [7, 11) is 1.56. The molecule has 0 aliphatic carbocycles. The number of aromatic nitrogens is 4. The van der Waals surface area contributed by atoms with Crippen molar-refractivity contribution >= 4 is 11.9 Å². The maximum absolute atomic E-state index is 12.6. The van der Waals surface area contributed by atoms with E-state index in [4.69, 9.17) is 9.47 Å². The third kappa shape index (κ3) is 5.61. The van der Waals surface area contributed by atoms with Crippen LogP contribution in [0.4, 0.5) is 0 Å². The summed E-state index contributed by atoms with van der Waals surface area (Å²) >= 11 is 0. The van der Waals surface area contributed by atoms with Gasteiger partial charge >= 0.3 is 5.97 Å². The maximum atomic E-state index is 12.6. The number of nitrogens with one attached hydrogen (secondary N) is 1. The molecule has 9 heteroatoms. The molecular weight excluding hydrogens is 374 g/mol. The minimum atomic E-state index is -0.769. The Hall–Kier alpha value is -3.75. The number of benzene rings is 2. The molecule has 0 saturated carbocycles. The number of carbonyl (C=O) groups is 2. The lowest BCUT2D eigenvalue weighted by atomic mass is 10.1. The molecule has 1 amide bonds. The Balaban J connectivity index is 1.56. The van der Waals surface area contributed by atoms with Crippen molar-refractivity contribution in [3.63, 3.8) is 0 Å². The highest BCUT2D eigenvalue weighted by molar-refractivity contribution is 5.81. The summed E-state index contributed by atoms with van der Waals surface area (Å²) in [5, 5.41) is 13.7. The predicted molar refractivity (Wildman–Crippen MR) is 103 cm³/mol. The fourth-order valence-electron chi connectivity index (χ4n) is 2.76.